The van der Waals surface area contributed by atoms with E-state index in [0.29, 0.717) is 24.3 Å². The molecule has 0 saturated heterocycles. The number of amides is 2. The van der Waals surface area contributed by atoms with Gasteiger partial charge in [0.2, 0.25) is 11.8 Å². The lowest BCUT2D eigenvalue weighted by molar-refractivity contribution is -0.116. The summed E-state index contributed by atoms with van der Waals surface area (Å²) in [5.74, 6) is -0.203. The molecule has 0 bridgehead atoms. The molecule has 5 heteroatoms. The van der Waals surface area contributed by atoms with Gasteiger partial charge in [-0.1, -0.05) is 35.9 Å². The molecule has 2 aromatic carbocycles. The number of benzene rings is 2. The Labute approximate surface area is 142 Å². The van der Waals surface area contributed by atoms with Crippen LogP contribution in [0.1, 0.15) is 24.5 Å². The van der Waals surface area contributed by atoms with E-state index in [-0.39, 0.29) is 11.8 Å². The summed E-state index contributed by atoms with van der Waals surface area (Å²) in [5, 5.41) is 8.79. The topological polar surface area (TPSA) is 70.2 Å². The standard InChI is InChI=1S/C19H23N3O2/c1-14-5-3-6-16(11-14)13-20-10-9-19(24)22-18-8-4-7-17(12-18)21-15(2)23/h3-8,11-12,20H,9-10,13H2,1-2H3,(H,21,23)(H,22,24). The molecule has 0 radical (unpaired) electrons. The van der Waals surface area contributed by atoms with E-state index in [0.717, 1.165) is 6.54 Å². The van der Waals surface area contributed by atoms with Crippen LogP contribution in [0.15, 0.2) is 48.5 Å². The first-order valence-electron chi connectivity index (χ1n) is 7.97. The maximum Gasteiger partial charge on any atom is 0.225 e. The molecule has 0 fully saturated rings. The molecule has 0 atom stereocenters. The average Bonchev–Trinajstić information content (AvgIpc) is 2.51. The first-order valence-corrected chi connectivity index (χ1v) is 7.97. The molecule has 0 aliphatic carbocycles. The predicted octanol–water partition coefficient (Wildman–Crippen LogP) is 3.07. The van der Waals surface area contributed by atoms with Crippen LogP contribution < -0.4 is 16.0 Å². The van der Waals surface area contributed by atoms with Gasteiger partial charge in [-0.3, -0.25) is 9.59 Å². The molecule has 0 unspecified atom stereocenters. The minimum absolute atomic E-state index is 0.0632. The lowest BCUT2D eigenvalue weighted by Gasteiger charge is -2.09. The Bertz CT molecular complexity index is 713. The van der Waals surface area contributed by atoms with Gasteiger partial charge in [0.25, 0.3) is 0 Å². The van der Waals surface area contributed by atoms with E-state index in [4.69, 9.17) is 0 Å². The molecule has 0 saturated carbocycles. The van der Waals surface area contributed by atoms with E-state index in [1.807, 2.05) is 6.07 Å². The maximum absolute atomic E-state index is 12.0. The van der Waals surface area contributed by atoms with Crippen LogP contribution in [0, 0.1) is 6.92 Å². The number of aryl methyl sites for hydroxylation is 1. The number of rotatable bonds is 7. The van der Waals surface area contributed by atoms with Crippen molar-refractivity contribution in [2.24, 2.45) is 0 Å². The van der Waals surface area contributed by atoms with Gasteiger partial charge in [0.05, 0.1) is 0 Å². The van der Waals surface area contributed by atoms with E-state index < -0.39 is 0 Å². The van der Waals surface area contributed by atoms with E-state index >= 15 is 0 Å². The van der Waals surface area contributed by atoms with Crippen LogP contribution in [-0.4, -0.2) is 18.4 Å². The Hall–Kier alpha value is -2.66. The summed E-state index contributed by atoms with van der Waals surface area (Å²) in [6.45, 7) is 4.86. The molecule has 2 rings (SSSR count). The van der Waals surface area contributed by atoms with Crippen LogP contribution in [0.5, 0.6) is 0 Å². The minimum atomic E-state index is -0.140. The molecular weight excluding hydrogens is 302 g/mol. The van der Waals surface area contributed by atoms with E-state index in [9.17, 15) is 9.59 Å². The highest BCUT2D eigenvalue weighted by atomic mass is 16.2. The van der Waals surface area contributed by atoms with Crippen LogP contribution in [-0.2, 0) is 16.1 Å². The van der Waals surface area contributed by atoms with Crippen molar-refractivity contribution < 1.29 is 9.59 Å². The van der Waals surface area contributed by atoms with Gasteiger partial charge in [-0.25, -0.2) is 0 Å². The van der Waals surface area contributed by atoms with E-state index in [1.165, 1.54) is 18.1 Å². The Kier molecular flexibility index (Phi) is 6.51. The first kappa shape index (κ1) is 17.7. The van der Waals surface area contributed by atoms with Crippen LogP contribution in [0.3, 0.4) is 0 Å². The van der Waals surface area contributed by atoms with Crippen LogP contribution >= 0.6 is 0 Å². The molecule has 0 spiro atoms. The van der Waals surface area contributed by atoms with Gasteiger partial charge in [-0.15, -0.1) is 0 Å². The largest absolute Gasteiger partial charge is 0.326 e. The Morgan fingerprint density at radius 3 is 2.38 bits per heavy atom. The molecular formula is C19H23N3O2. The van der Waals surface area contributed by atoms with Crippen molar-refractivity contribution in [3.8, 4) is 0 Å². The molecule has 0 aromatic heterocycles. The smallest absolute Gasteiger partial charge is 0.225 e. The monoisotopic (exact) mass is 325 g/mol. The number of carbonyl (C=O) groups is 2. The summed E-state index contributed by atoms with van der Waals surface area (Å²) in [7, 11) is 0. The Morgan fingerprint density at radius 2 is 1.67 bits per heavy atom. The van der Waals surface area contributed by atoms with E-state index in [1.54, 1.807) is 24.3 Å². The third-order valence-corrected chi connectivity index (χ3v) is 3.41. The molecule has 0 heterocycles. The Morgan fingerprint density at radius 1 is 0.958 bits per heavy atom. The van der Waals surface area contributed by atoms with Crippen molar-refractivity contribution in [3.05, 3.63) is 59.7 Å². The summed E-state index contributed by atoms with van der Waals surface area (Å²) in [6.07, 6.45) is 0.385. The average molecular weight is 325 g/mol. The van der Waals surface area contributed by atoms with Gasteiger partial charge < -0.3 is 16.0 Å². The fourth-order valence-corrected chi connectivity index (χ4v) is 2.36. The molecule has 2 amide bonds. The third-order valence-electron chi connectivity index (χ3n) is 3.41. The summed E-state index contributed by atoms with van der Waals surface area (Å²) in [4.78, 5) is 23.0. The van der Waals surface area contributed by atoms with Crippen LogP contribution in [0.2, 0.25) is 0 Å². The third kappa shape index (κ3) is 6.22. The highest BCUT2D eigenvalue weighted by Crippen LogP contribution is 2.15. The summed E-state index contributed by atoms with van der Waals surface area (Å²) in [5.41, 5.74) is 3.77. The summed E-state index contributed by atoms with van der Waals surface area (Å²) >= 11 is 0. The molecule has 0 aliphatic rings. The molecule has 3 N–H and O–H groups in total. The molecule has 126 valence electrons. The zero-order valence-electron chi connectivity index (χ0n) is 14.1. The molecule has 2 aromatic rings. The van der Waals surface area contributed by atoms with Crippen molar-refractivity contribution >= 4 is 23.2 Å². The SMILES string of the molecule is CC(=O)Nc1cccc(NC(=O)CCNCc2cccc(C)c2)c1. The van der Waals surface area contributed by atoms with Crippen LogP contribution in [0.4, 0.5) is 11.4 Å². The van der Waals surface area contributed by atoms with Crippen molar-refractivity contribution in [1.82, 2.24) is 5.32 Å². The van der Waals surface area contributed by atoms with Gasteiger partial charge >= 0.3 is 0 Å². The quantitative estimate of drug-likeness (QED) is 0.685. The van der Waals surface area contributed by atoms with Gasteiger partial charge in [0, 0.05) is 37.8 Å². The van der Waals surface area contributed by atoms with E-state index in [2.05, 4.69) is 41.1 Å². The van der Waals surface area contributed by atoms with Crippen molar-refractivity contribution in [2.75, 3.05) is 17.2 Å². The van der Waals surface area contributed by atoms with Gasteiger partial charge in [0.15, 0.2) is 0 Å². The zero-order chi connectivity index (χ0) is 17.4. The van der Waals surface area contributed by atoms with Gasteiger partial charge in [0.1, 0.15) is 0 Å². The fraction of sp³-hybridized carbons (Fsp3) is 0.263. The van der Waals surface area contributed by atoms with Gasteiger partial charge in [-0.05, 0) is 30.7 Å². The first-order chi connectivity index (χ1) is 11.5. The van der Waals surface area contributed by atoms with Crippen LogP contribution in [0.25, 0.3) is 0 Å². The normalized spacial score (nSPS) is 10.2. The second kappa shape index (κ2) is 8.84. The minimum Gasteiger partial charge on any atom is -0.326 e. The second-order valence-corrected chi connectivity index (χ2v) is 5.73. The van der Waals surface area contributed by atoms with Crippen molar-refractivity contribution in [2.45, 2.75) is 26.8 Å². The molecule has 24 heavy (non-hydrogen) atoms. The number of hydrogen-bond donors (Lipinski definition) is 3. The molecule has 0 aliphatic heterocycles. The highest BCUT2D eigenvalue weighted by Gasteiger charge is 2.04. The Balaban J connectivity index is 1.74. The predicted molar refractivity (Wildman–Crippen MR) is 96.9 cm³/mol. The number of hydrogen-bond acceptors (Lipinski definition) is 3. The molecule has 5 nitrogen and oxygen atoms in total. The zero-order valence-corrected chi connectivity index (χ0v) is 14.1. The number of nitrogens with one attached hydrogen (secondary N) is 3. The lowest BCUT2D eigenvalue weighted by atomic mass is 10.1. The summed E-state index contributed by atoms with van der Waals surface area (Å²) < 4.78 is 0. The maximum atomic E-state index is 12.0. The fourth-order valence-electron chi connectivity index (χ4n) is 2.36. The van der Waals surface area contributed by atoms with Crippen molar-refractivity contribution in [1.29, 1.82) is 0 Å². The van der Waals surface area contributed by atoms with Crippen molar-refractivity contribution in [3.63, 3.8) is 0 Å². The second-order valence-electron chi connectivity index (χ2n) is 5.73. The summed E-state index contributed by atoms with van der Waals surface area (Å²) in [6, 6.07) is 15.4. The number of carbonyl (C=O) groups excluding carboxylic acids is 2. The highest BCUT2D eigenvalue weighted by molar-refractivity contribution is 5.93. The van der Waals surface area contributed by atoms with Gasteiger partial charge in [-0.2, -0.15) is 0 Å². The lowest BCUT2D eigenvalue weighted by Crippen LogP contribution is -2.21. The number of anilines is 2.